The van der Waals surface area contributed by atoms with Gasteiger partial charge < -0.3 is 14.6 Å². The highest BCUT2D eigenvalue weighted by atomic mass is 16.6. The zero-order valence-corrected chi connectivity index (χ0v) is 11.7. The smallest absolute Gasteiger partial charge is 0.305 e. The molecule has 0 bridgehead atoms. The minimum atomic E-state index is -0.459. The maximum Gasteiger partial charge on any atom is 0.305 e. The van der Waals surface area contributed by atoms with Gasteiger partial charge >= 0.3 is 5.97 Å². The predicted molar refractivity (Wildman–Crippen MR) is 75.1 cm³/mol. The number of non-ortho nitro benzene ring substituents is 1. The molecule has 116 valence electrons. The van der Waals surface area contributed by atoms with Crippen molar-refractivity contribution in [3.8, 4) is 5.75 Å². The van der Waals surface area contributed by atoms with Gasteiger partial charge in [0.25, 0.3) is 5.69 Å². The van der Waals surface area contributed by atoms with E-state index in [-0.39, 0.29) is 24.9 Å². The molecular formula is C14H19NO6. The molecule has 0 unspecified atom stereocenters. The first kappa shape index (κ1) is 16.9. The minimum absolute atomic E-state index is 0.0312. The van der Waals surface area contributed by atoms with E-state index in [2.05, 4.69) is 0 Å². The summed E-state index contributed by atoms with van der Waals surface area (Å²) in [6, 6.07) is 5.91. The van der Waals surface area contributed by atoms with Crippen LogP contribution in [0.4, 0.5) is 5.69 Å². The van der Waals surface area contributed by atoms with Crippen LogP contribution in [0.5, 0.6) is 5.75 Å². The Balaban J connectivity index is 2.09. The molecule has 0 aliphatic rings. The van der Waals surface area contributed by atoms with Crippen LogP contribution in [0, 0.1) is 10.1 Å². The summed E-state index contributed by atoms with van der Waals surface area (Å²) in [4.78, 5) is 21.1. The fourth-order valence-corrected chi connectivity index (χ4v) is 1.63. The van der Waals surface area contributed by atoms with Gasteiger partial charge in [-0.3, -0.25) is 14.9 Å². The van der Waals surface area contributed by atoms with Crippen molar-refractivity contribution in [3.63, 3.8) is 0 Å². The van der Waals surface area contributed by atoms with Crippen molar-refractivity contribution in [1.82, 2.24) is 0 Å². The zero-order chi connectivity index (χ0) is 15.5. The van der Waals surface area contributed by atoms with Crippen LogP contribution in [0.25, 0.3) is 0 Å². The van der Waals surface area contributed by atoms with Crippen molar-refractivity contribution in [2.24, 2.45) is 0 Å². The average molecular weight is 297 g/mol. The first-order chi connectivity index (χ1) is 10.1. The lowest BCUT2D eigenvalue weighted by Gasteiger charge is -2.06. The number of nitrogens with zero attached hydrogens (tertiary/aromatic N) is 1. The highest BCUT2D eigenvalue weighted by Gasteiger charge is 2.04. The summed E-state index contributed by atoms with van der Waals surface area (Å²) in [5, 5.41) is 19.0. The number of rotatable bonds is 10. The monoisotopic (exact) mass is 297 g/mol. The molecule has 0 heterocycles. The van der Waals surface area contributed by atoms with Crippen molar-refractivity contribution in [3.05, 3.63) is 34.4 Å². The van der Waals surface area contributed by atoms with Crippen molar-refractivity contribution < 1.29 is 24.3 Å². The van der Waals surface area contributed by atoms with Gasteiger partial charge in [0.05, 0.1) is 18.1 Å². The Morgan fingerprint density at radius 3 is 2.48 bits per heavy atom. The molecule has 1 aromatic carbocycles. The van der Waals surface area contributed by atoms with Crippen LogP contribution in [0.1, 0.15) is 25.7 Å². The predicted octanol–water partition coefficient (Wildman–Crippen LogP) is 2.07. The van der Waals surface area contributed by atoms with Gasteiger partial charge in [0, 0.05) is 18.6 Å². The Labute approximate surface area is 122 Å². The molecule has 1 rings (SSSR count). The lowest BCUT2D eigenvalue weighted by Crippen LogP contribution is -2.08. The Morgan fingerprint density at radius 1 is 1.14 bits per heavy atom. The largest absolute Gasteiger partial charge is 0.494 e. The number of carbonyl (C=O) groups is 1. The minimum Gasteiger partial charge on any atom is -0.494 e. The van der Waals surface area contributed by atoms with E-state index in [4.69, 9.17) is 14.6 Å². The van der Waals surface area contributed by atoms with E-state index < -0.39 is 4.92 Å². The topological polar surface area (TPSA) is 98.9 Å². The zero-order valence-electron chi connectivity index (χ0n) is 11.7. The second kappa shape index (κ2) is 9.71. The van der Waals surface area contributed by atoms with Crippen LogP contribution in [0.15, 0.2) is 24.3 Å². The van der Waals surface area contributed by atoms with E-state index in [0.717, 1.165) is 12.8 Å². The third-order valence-corrected chi connectivity index (χ3v) is 2.70. The summed E-state index contributed by atoms with van der Waals surface area (Å²) in [5.74, 6) is 0.281. The van der Waals surface area contributed by atoms with E-state index in [0.29, 0.717) is 25.2 Å². The SMILES string of the molecule is O=C(CCCCCOc1ccc([N+](=O)[O-])cc1)OCCO. The number of nitro groups is 1. The molecule has 21 heavy (non-hydrogen) atoms. The number of esters is 1. The van der Waals surface area contributed by atoms with Crippen LogP contribution in [-0.4, -0.2) is 35.8 Å². The van der Waals surface area contributed by atoms with Crippen LogP contribution >= 0.6 is 0 Å². The molecule has 0 spiro atoms. The number of unbranched alkanes of at least 4 members (excludes halogenated alkanes) is 2. The van der Waals surface area contributed by atoms with Gasteiger partial charge in [0.15, 0.2) is 0 Å². The molecule has 0 aromatic heterocycles. The van der Waals surface area contributed by atoms with Crippen molar-refractivity contribution in [1.29, 1.82) is 0 Å². The Hall–Kier alpha value is -2.15. The fourth-order valence-electron chi connectivity index (χ4n) is 1.63. The number of aliphatic hydroxyl groups excluding tert-OH is 1. The number of aliphatic hydroxyl groups is 1. The Kier molecular flexibility index (Phi) is 7.81. The molecular weight excluding hydrogens is 278 g/mol. The molecule has 0 aliphatic carbocycles. The molecule has 1 aromatic rings. The molecule has 7 heteroatoms. The van der Waals surface area contributed by atoms with Crippen LogP contribution < -0.4 is 4.74 Å². The third-order valence-electron chi connectivity index (χ3n) is 2.70. The maximum atomic E-state index is 11.1. The van der Waals surface area contributed by atoms with Gasteiger partial charge in [-0.15, -0.1) is 0 Å². The van der Waals surface area contributed by atoms with Gasteiger partial charge in [0.1, 0.15) is 12.4 Å². The number of hydrogen-bond donors (Lipinski definition) is 1. The van der Waals surface area contributed by atoms with Crippen LogP contribution in [0.2, 0.25) is 0 Å². The summed E-state index contributed by atoms with van der Waals surface area (Å²) in [5.41, 5.74) is 0.0312. The van der Waals surface area contributed by atoms with Gasteiger partial charge in [-0.25, -0.2) is 0 Å². The van der Waals surface area contributed by atoms with E-state index in [1.807, 2.05) is 0 Å². The molecule has 0 saturated carbocycles. The number of carbonyl (C=O) groups excluding carboxylic acids is 1. The first-order valence-electron chi connectivity index (χ1n) is 6.77. The third kappa shape index (κ3) is 7.26. The summed E-state index contributed by atoms with van der Waals surface area (Å²) in [6.07, 6.45) is 2.64. The Bertz CT molecular complexity index is 445. The molecule has 0 fully saturated rings. The van der Waals surface area contributed by atoms with E-state index >= 15 is 0 Å². The van der Waals surface area contributed by atoms with E-state index in [9.17, 15) is 14.9 Å². The Morgan fingerprint density at radius 2 is 1.86 bits per heavy atom. The molecule has 0 radical (unpaired) electrons. The van der Waals surface area contributed by atoms with Crippen molar-refractivity contribution >= 4 is 11.7 Å². The highest BCUT2D eigenvalue weighted by Crippen LogP contribution is 2.17. The van der Waals surface area contributed by atoms with Crippen LogP contribution in [-0.2, 0) is 9.53 Å². The second-order valence-corrected chi connectivity index (χ2v) is 4.35. The van der Waals surface area contributed by atoms with Crippen molar-refractivity contribution in [2.45, 2.75) is 25.7 Å². The lowest BCUT2D eigenvalue weighted by molar-refractivity contribution is -0.384. The quantitative estimate of drug-likeness (QED) is 0.307. The summed E-state index contributed by atoms with van der Waals surface area (Å²) < 4.78 is 10.2. The molecule has 0 atom stereocenters. The maximum absolute atomic E-state index is 11.1. The average Bonchev–Trinajstić information content (AvgIpc) is 2.49. The fraction of sp³-hybridized carbons (Fsp3) is 0.500. The van der Waals surface area contributed by atoms with Gasteiger partial charge in [0.2, 0.25) is 0 Å². The molecule has 0 aliphatic heterocycles. The first-order valence-corrected chi connectivity index (χ1v) is 6.77. The highest BCUT2D eigenvalue weighted by molar-refractivity contribution is 5.69. The second-order valence-electron chi connectivity index (χ2n) is 4.35. The van der Waals surface area contributed by atoms with Crippen LogP contribution in [0.3, 0.4) is 0 Å². The normalized spacial score (nSPS) is 10.1. The number of nitro benzene ring substituents is 1. The van der Waals surface area contributed by atoms with E-state index in [1.54, 1.807) is 12.1 Å². The molecule has 0 amide bonds. The molecule has 7 nitrogen and oxygen atoms in total. The van der Waals surface area contributed by atoms with Gasteiger partial charge in [-0.2, -0.15) is 0 Å². The number of ether oxygens (including phenoxy) is 2. The molecule has 0 saturated heterocycles. The van der Waals surface area contributed by atoms with E-state index in [1.165, 1.54) is 12.1 Å². The molecule has 1 N–H and O–H groups in total. The standard InChI is InChI=1S/C14H19NO6/c16-9-11-21-14(17)4-2-1-3-10-20-13-7-5-12(6-8-13)15(18)19/h5-8,16H,1-4,9-11H2. The van der Waals surface area contributed by atoms with Crippen molar-refractivity contribution in [2.75, 3.05) is 19.8 Å². The number of benzene rings is 1. The lowest BCUT2D eigenvalue weighted by atomic mass is 10.2. The summed E-state index contributed by atoms with van der Waals surface area (Å²) in [7, 11) is 0. The number of hydrogen-bond acceptors (Lipinski definition) is 6. The summed E-state index contributed by atoms with van der Waals surface area (Å²) >= 11 is 0. The van der Waals surface area contributed by atoms with Gasteiger partial charge in [-0.1, -0.05) is 0 Å². The summed E-state index contributed by atoms with van der Waals surface area (Å²) in [6.45, 7) is 0.375. The van der Waals surface area contributed by atoms with Gasteiger partial charge in [-0.05, 0) is 31.4 Å².